The number of nitrogens with zero attached hydrogens (tertiary/aromatic N) is 2. The molecular formula is C25H25LiN2O-2. The topological polar surface area (TPSA) is 34.4 Å². The van der Waals surface area contributed by atoms with Gasteiger partial charge in [0, 0.05) is 16.3 Å². The Labute approximate surface area is 185 Å². The summed E-state index contributed by atoms with van der Waals surface area (Å²) in [5, 5.41) is 2.16. The van der Waals surface area contributed by atoms with E-state index in [1.807, 2.05) is 62.4 Å². The average Bonchev–Trinajstić information content (AvgIpc) is 3.05. The molecule has 0 fully saturated rings. The molecule has 0 aliphatic heterocycles. The number of aryl methyl sites for hydroxylation is 2. The summed E-state index contributed by atoms with van der Waals surface area (Å²) in [6, 6.07) is 19.7. The molecule has 0 radical (unpaired) electrons. The van der Waals surface area contributed by atoms with E-state index in [2.05, 4.69) is 24.0 Å². The van der Waals surface area contributed by atoms with Crippen LogP contribution < -0.4 is 18.9 Å². The number of para-hydroxylation sites is 2. The van der Waals surface area contributed by atoms with E-state index < -0.39 is 0 Å². The fourth-order valence-corrected chi connectivity index (χ4v) is 3.43. The summed E-state index contributed by atoms with van der Waals surface area (Å²) >= 11 is 0. The molecule has 0 aliphatic carbocycles. The van der Waals surface area contributed by atoms with Gasteiger partial charge in [-0.2, -0.15) is 13.6 Å². The summed E-state index contributed by atoms with van der Waals surface area (Å²) in [6.45, 7) is 14.2. The molecule has 4 aromatic rings. The first-order chi connectivity index (χ1) is 13.1. The number of carbonyl (C=O) groups is 1. The van der Waals surface area contributed by atoms with Crippen LogP contribution in [0.15, 0.2) is 65.7 Å². The first kappa shape index (κ1) is 24.4. The van der Waals surface area contributed by atoms with Gasteiger partial charge in [-0.15, -0.1) is 11.6 Å². The Kier molecular flexibility index (Phi) is 8.64. The molecule has 4 rings (SSSR count). The molecule has 144 valence electrons. The molecule has 3 aromatic carbocycles. The van der Waals surface area contributed by atoms with E-state index in [1.54, 1.807) is 11.5 Å². The zero-order chi connectivity index (χ0) is 19.6. The van der Waals surface area contributed by atoms with E-state index in [0.29, 0.717) is 11.3 Å². The van der Waals surface area contributed by atoms with Gasteiger partial charge < -0.3 is 19.3 Å². The Hall–Kier alpha value is -2.60. The third kappa shape index (κ3) is 4.22. The van der Waals surface area contributed by atoms with Gasteiger partial charge in [-0.3, -0.25) is 9.36 Å². The normalized spacial score (nSPS) is 9.79. The van der Waals surface area contributed by atoms with Crippen LogP contribution in [0, 0.1) is 28.2 Å². The molecule has 0 saturated heterocycles. The van der Waals surface area contributed by atoms with Crippen molar-refractivity contribution in [1.82, 2.24) is 4.57 Å². The summed E-state index contributed by atoms with van der Waals surface area (Å²) in [4.78, 5) is 17.2. The summed E-state index contributed by atoms with van der Waals surface area (Å²) in [6.07, 6.45) is 0. The smallest absolute Gasteiger partial charge is 0.459 e. The van der Waals surface area contributed by atoms with Crippen molar-refractivity contribution in [3.63, 3.8) is 0 Å². The number of benzene rings is 3. The second-order valence-electron chi connectivity index (χ2n) is 6.26. The summed E-state index contributed by atoms with van der Waals surface area (Å²) < 4.78 is 1.80. The molecule has 0 N–H and O–H groups in total. The van der Waals surface area contributed by atoms with Crippen molar-refractivity contribution in [2.24, 2.45) is 4.99 Å². The van der Waals surface area contributed by atoms with Gasteiger partial charge in [0.1, 0.15) is 0 Å². The molecule has 1 heterocycles. The third-order valence-electron chi connectivity index (χ3n) is 4.70. The van der Waals surface area contributed by atoms with Crippen LogP contribution >= 0.6 is 0 Å². The van der Waals surface area contributed by atoms with Crippen molar-refractivity contribution >= 4 is 40.1 Å². The summed E-state index contributed by atoms with van der Waals surface area (Å²) in [5.74, 6) is -0.0402. The number of aromatic nitrogens is 1. The zero-order valence-electron chi connectivity index (χ0n) is 17.9. The zero-order valence-corrected chi connectivity index (χ0v) is 17.9. The van der Waals surface area contributed by atoms with E-state index in [0.717, 1.165) is 32.9 Å². The van der Waals surface area contributed by atoms with Gasteiger partial charge in [0.2, 0.25) is 0 Å². The third-order valence-corrected chi connectivity index (χ3v) is 4.70. The van der Waals surface area contributed by atoms with Crippen LogP contribution in [0.5, 0.6) is 0 Å². The number of carbonyl (C=O) groups excluding carboxylic acids is 1. The molecule has 29 heavy (non-hydrogen) atoms. The van der Waals surface area contributed by atoms with E-state index in [4.69, 9.17) is 6.72 Å². The fourth-order valence-electron chi connectivity index (χ4n) is 3.43. The van der Waals surface area contributed by atoms with Crippen molar-refractivity contribution in [2.45, 2.75) is 20.8 Å². The standard InChI is InChI=1S/C22H17N2O.C2H5.CH3.Li/c1-14-13-19(23-3)15(2)12-18(14)22(25)24-20-10-6-4-8-16(20)17-9-5-7-11-21(17)24;1-2;;/h3-13H,1-2H3;1H2,2H3;1H3;/q3*-1;+1. The number of hydrogen-bond donors (Lipinski definition) is 0. The van der Waals surface area contributed by atoms with Crippen LogP contribution in [-0.2, 0) is 0 Å². The Balaban J connectivity index is 0.00000102. The largest absolute Gasteiger partial charge is 1.00 e. The SMILES string of the molecule is [CH-]=Nc1cc(C)c(C(=O)n2c3ccccc3c3ccccc32)cc1C.[CH2-]C.[CH3-].[Li+]. The molecule has 0 saturated carbocycles. The average molecular weight is 376 g/mol. The van der Waals surface area contributed by atoms with E-state index in [1.165, 1.54) is 0 Å². The molecule has 0 unspecified atom stereocenters. The minimum atomic E-state index is -0.0402. The van der Waals surface area contributed by atoms with Crippen molar-refractivity contribution < 1.29 is 23.7 Å². The fraction of sp³-hybridized carbons (Fsp3) is 0.120. The first-order valence-corrected chi connectivity index (χ1v) is 8.87. The summed E-state index contributed by atoms with van der Waals surface area (Å²) in [5.41, 5.74) is 4.95. The Bertz CT molecular complexity index is 1110. The van der Waals surface area contributed by atoms with Gasteiger partial charge in [-0.05, 0) is 19.1 Å². The second-order valence-corrected chi connectivity index (χ2v) is 6.26. The van der Waals surface area contributed by atoms with Crippen LogP contribution in [-0.4, -0.2) is 17.2 Å². The quantitative estimate of drug-likeness (QED) is 0.299. The van der Waals surface area contributed by atoms with Gasteiger partial charge in [0.15, 0.2) is 0 Å². The number of hydrogen-bond acceptors (Lipinski definition) is 2. The Morgan fingerprint density at radius 3 is 1.86 bits per heavy atom. The maximum atomic E-state index is 13.4. The van der Waals surface area contributed by atoms with Gasteiger partial charge in [-0.1, -0.05) is 60.6 Å². The minimum Gasteiger partial charge on any atom is -0.459 e. The minimum absolute atomic E-state index is 0. The maximum absolute atomic E-state index is 13.4. The van der Waals surface area contributed by atoms with Crippen LogP contribution in [0.4, 0.5) is 5.69 Å². The Morgan fingerprint density at radius 2 is 1.38 bits per heavy atom. The first-order valence-electron chi connectivity index (χ1n) is 8.87. The number of rotatable bonds is 2. The van der Waals surface area contributed by atoms with Crippen LogP contribution in [0.1, 0.15) is 28.4 Å². The molecular weight excluding hydrogens is 351 g/mol. The van der Waals surface area contributed by atoms with Crippen molar-refractivity contribution in [3.8, 4) is 0 Å². The maximum Gasteiger partial charge on any atom is 1.00 e. The molecule has 1 aromatic heterocycles. The molecule has 3 nitrogen and oxygen atoms in total. The predicted octanol–water partition coefficient (Wildman–Crippen LogP) is 3.60. The van der Waals surface area contributed by atoms with Crippen LogP contribution in [0.25, 0.3) is 21.8 Å². The molecule has 0 atom stereocenters. The van der Waals surface area contributed by atoms with Crippen LogP contribution in [0.2, 0.25) is 0 Å². The molecule has 4 heteroatoms. The molecule has 0 amide bonds. The van der Waals surface area contributed by atoms with Crippen LogP contribution in [0.3, 0.4) is 0 Å². The van der Waals surface area contributed by atoms with Gasteiger partial charge >= 0.3 is 18.9 Å². The van der Waals surface area contributed by atoms with E-state index in [9.17, 15) is 4.79 Å². The summed E-state index contributed by atoms with van der Waals surface area (Å²) in [7, 11) is 0. The number of aliphatic imine (C=N–C) groups is 1. The molecule has 0 bridgehead atoms. The monoisotopic (exact) mass is 376 g/mol. The second kappa shape index (κ2) is 10.3. The van der Waals surface area contributed by atoms with Gasteiger partial charge in [0.25, 0.3) is 5.91 Å². The van der Waals surface area contributed by atoms with Crippen molar-refractivity contribution in [3.05, 3.63) is 91.7 Å². The van der Waals surface area contributed by atoms with E-state index in [-0.39, 0.29) is 32.2 Å². The van der Waals surface area contributed by atoms with Gasteiger partial charge in [0.05, 0.1) is 11.0 Å². The van der Waals surface area contributed by atoms with Gasteiger partial charge in [-0.25, -0.2) is 0 Å². The number of fused-ring (bicyclic) bond motifs is 3. The molecule has 0 aliphatic rings. The Morgan fingerprint density at radius 1 is 0.897 bits per heavy atom. The van der Waals surface area contributed by atoms with Crippen molar-refractivity contribution in [2.75, 3.05) is 0 Å². The predicted molar refractivity (Wildman–Crippen MR) is 121 cm³/mol. The van der Waals surface area contributed by atoms with E-state index >= 15 is 0 Å². The molecule has 0 spiro atoms. The van der Waals surface area contributed by atoms with Crippen molar-refractivity contribution in [1.29, 1.82) is 0 Å².